The smallest absolute Gasteiger partial charge is 0.247 e. The highest BCUT2D eigenvalue weighted by Crippen LogP contribution is 2.37. The summed E-state index contributed by atoms with van der Waals surface area (Å²) in [4.78, 5) is 16.8. The molecule has 0 N–H and O–H groups in total. The number of carbonyl (C=O) groups is 1. The van der Waals surface area contributed by atoms with Gasteiger partial charge in [-0.1, -0.05) is 12.1 Å². The SMILES string of the molecule is CN(C)CCN1[C@@H]2CCN(C(=O)CC3CC3)CC[C@H]2Oc2ccccc2S1(=O)=O. The van der Waals surface area contributed by atoms with Crippen LogP contribution in [-0.4, -0.2) is 80.9 Å². The molecule has 29 heavy (non-hydrogen) atoms. The summed E-state index contributed by atoms with van der Waals surface area (Å²) >= 11 is 0. The van der Waals surface area contributed by atoms with Crippen molar-refractivity contribution < 1.29 is 17.9 Å². The first-order chi connectivity index (χ1) is 13.9. The lowest BCUT2D eigenvalue weighted by Crippen LogP contribution is -2.49. The number of hydrogen-bond acceptors (Lipinski definition) is 5. The Balaban J connectivity index is 1.62. The Hall–Kier alpha value is -1.64. The Morgan fingerprint density at radius 1 is 1.14 bits per heavy atom. The molecule has 8 heteroatoms. The van der Waals surface area contributed by atoms with Gasteiger partial charge in [0.2, 0.25) is 15.9 Å². The largest absolute Gasteiger partial charge is 0.487 e. The van der Waals surface area contributed by atoms with Crippen LogP contribution in [0.15, 0.2) is 29.2 Å². The third-order valence-electron chi connectivity index (χ3n) is 6.17. The zero-order valence-electron chi connectivity index (χ0n) is 17.3. The minimum atomic E-state index is -3.67. The first kappa shape index (κ1) is 20.6. The van der Waals surface area contributed by atoms with Gasteiger partial charge in [0, 0.05) is 39.0 Å². The Labute approximate surface area is 173 Å². The first-order valence-corrected chi connectivity index (χ1v) is 12.0. The van der Waals surface area contributed by atoms with Crippen LogP contribution < -0.4 is 4.74 Å². The molecule has 4 rings (SSSR count). The first-order valence-electron chi connectivity index (χ1n) is 10.6. The van der Waals surface area contributed by atoms with E-state index in [1.807, 2.05) is 23.9 Å². The molecule has 1 aliphatic carbocycles. The number of likely N-dealkylation sites (tertiary alicyclic amines) is 1. The number of fused-ring (bicyclic) bond motifs is 2. The second kappa shape index (κ2) is 8.24. The molecule has 3 aliphatic rings. The predicted molar refractivity (Wildman–Crippen MR) is 110 cm³/mol. The number of rotatable bonds is 5. The molecule has 7 nitrogen and oxygen atoms in total. The van der Waals surface area contributed by atoms with Crippen molar-refractivity contribution in [1.29, 1.82) is 0 Å². The van der Waals surface area contributed by atoms with Crippen LogP contribution in [0.25, 0.3) is 0 Å². The lowest BCUT2D eigenvalue weighted by Gasteiger charge is -2.32. The predicted octanol–water partition coefficient (Wildman–Crippen LogP) is 1.79. The van der Waals surface area contributed by atoms with Gasteiger partial charge in [-0.15, -0.1) is 0 Å². The van der Waals surface area contributed by atoms with Crippen LogP contribution in [-0.2, 0) is 14.8 Å². The third kappa shape index (κ3) is 4.44. The zero-order chi connectivity index (χ0) is 20.6. The van der Waals surface area contributed by atoms with Crippen LogP contribution >= 0.6 is 0 Å². The second-order valence-electron chi connectivity index (χ2n) is 8.70. The van der Waals surface area contributed by atoms with Gasteiger partial charge in [0.15, 0.2) is 0 Å². The lowest BCUT2D eigenvalue weighted by atomic mass is 10.1. The van der Waals surface area contributed by atoms with Gasteiger partial charge < -0.3 is 14.5 Å². The summed E-state index contributed by atoms with van der Waals surface area (Å²) < 4.78 is 34.9. The van der Waals surface area contributed by atoms with Crippen molar-refractivity contribution in [2.75, 3.05) is 40.3 Å². The minimum Gasteiger partial charge on any atom is -0.487 e. The normalized spacial score (nSPS) is 26.8. The summed E-state index contributed by atoms with van der Waals surface area (Å²) in [5.41, 5.74) is 0. The van der Waals surface area contributed by atoms with Gasteiger partial charge in [-0.25, -0.2) is 8.42 Å². The van der Waals surface area contributed by atoms with E-state index in [-0.39, 0.29) is 22.9 Å². The van der Waals surface area contributed by atoms with Crippen molar-refractivity contribution in [1.82, 2.24) is 14.1 Å². The molecule has 1 amide bonds. The van der Waals surface area contributed by atoms with E-state index in [4.69, 9.17) is 4.74 Å². The molecular weight excluding hydrogens is 390 g/mol. The number of para-hydroxylation sites is 1. The molecule has 2 aliphatic heterocycles. The number of nitrogens with zero attached hydrogens (tertiary/aromatic N) is 3. The second-order valence-corrected chi connectivity index (χ2v) is 10.6. The Morgan fingerprint density at radius 3 is 2.59 bits per heavy atom. The minimum absolute atomic E-state index is 0.201. The van der Waals surface area contributed by atoms with Crippen molar-refractivity contribution in [2.24, 2.45) is 5.92 Å². The third-order valence-corrected chi connectivity index (χ3v) is 8.14. The summed E-state index contributed by atoms with van der Waals surface area (Å²) in [6.45, 7) is 2.25. The van der Waals surface area contributed by atoms with Gasteiger partial charge in [0.05, 0.1) is 6.04 Å². The average Bonchev–Trinajstić information content (AvgIpc) is 3.50. The Kier molecular flexibility index (Phi) is 5.86. The fourth-order valence-corrected chi connectivity index (χ4v) is 6.08. The Bertz CT molecular complexity index is 853. The van der Waals surface area contributed by atoms with Crippen LogP contribution in [0.2, 0.25) is 0 Å². The summed E-state index contributed by atoms with van der Waals surface area (Å²) in [6, 6.07) is 6.64. The van der Waals surface area contributed by atoms with E-state index < -0.39 is 10.0 Å². The highest BCUT2D eigenvalue weighted by molar-refractivity contribution is 7.89. The molecule has 160 valence electrons. The fraction of sp³-hybridized carbons (Fsp3) is 0.667. The van der Waals surface area contributed by atoms with Gasteiger partial charge in [-0.3, -0.25) is 4.79 Å². The molecule has 1 saturated carbocycles. The molecule has 2 atom stereocenters. The highest BCUT2D eigenvalue weighted by atomic mass is 32.2. The molecule has 0 bridgehead atoms. The number of hydrogen-bond donors (Lipinski definition) is 0. The molecule has 2 fully saturated rings. The summed E-state index contributed by atoms with van der Waals surface area (Å²) in [7, 11) is 0.214. The molecule has 1 aromatic rings. The zero-order valence-corrected chi connectivity index (χ0v) is 18.1. The Morgan fingerprint density at radius 2 is 1.86 bits per heavy atom. The molecule has 0 spiro atoms. The van der Waals surface area contributed by atoms with Crippen molar-refractivity contribution in [3.63, 3.8) is 0 Å². The van der Waals surface area contributed by atoms with Crippen LogP contribution in [0.4, 0.5) is 0 Å². The summed E-state index contributed by atoms with van der Waals surface area (Å²) in [6.07, 6.45) is 3.92. The molecule has 1 aromatic carbocycles. The molecule has 2 heterocycles. The van der Waals surface area contributed by atoms with Crippen molar-refractivity contribution in [2.45, 2.75) is 49.1 Å². The lowest BCUT2D eigenvalue weighted by molar-refractivity contribution is -0.131. The van der Waals surface area contributed by atoms with E-state index in [0.717, 1.165) is 12.8 Å². The highest BCUT2D eigenvalue weighted by Gasteiger charge is 2.43. The van der Waals surface area contributed by atoms with Crippen LogP contribution in [0.5, 0.6) is 5.75 Å². The van der Waals surface area contributed by atoms with Crippen molar-refractivity contribution >= 4 is 15.9 Å². The van der Waals surface area contributed by atoms with Gasteiger partial charge >= 0.3 is 0 Å². The maximum atomic E-state index is 13.5. The molecular formula is C21H31N3O4S. The van der Waals surface area contributed by atoms with Crippen LogP contribution in [0.3, 0.4) is 0 Å². The van der Waals surface area contributed by atoms with E-state index in [1.165, 1.54) is 0 Å². The molecule has 0 radical (unpaired) electrons. The van der Waals surface area contributed by atoms with E-state index in [2.05, 4.69) is 0 Å². The molecule has 1 saturated heterocycles. The molecule has 0 aromatic heterocycles. The van der Waals surface area contributed by atoms with Gasteiger partial charge in [-0.2, -0.15) is 4.31 Å². The maximum Gasteiger partial charge on any atom is 0.247 e. The summed E-state index contributed by atoms with van der Waals surface area (Å²) in [5.74, 6) is 1.18. The average molecular weight is 422 g/mol. The number of likely N-dealkylation sites (N-methyl/N-ethyl adjacent to an activating group) is 1. The maximum absolute atomic E-state index is 13.5. The quantitative estimate of drug-likeness (QED) is 0.725. The number of carbonyl (C=O) groups excluding carboxylic acids is 1. The van der Waals surface area contributed by atoms with E-state index in [9.17, 15) is 13.2 Å². The molecule has 0 unspecified atom stereocenters. The van der Waals surface area contributed by atoms with E-state index >= 15 is 0 Å². The van der Waals surface area contributed by atoms with Gasteiger partial charge in [0.25, 0.3) is 0 Å². The van der Waals surface area contributed by atoms with Crippen molar-refractivity contribution in [3.05, 3.63) is 24.3 Å². The van der Waals surface area contributed by atoms with Crippen molar-refractivity contribution in [3.8, 4) is 5.75 Å². The van der Waals surface area contributed by atoms with Gasteiger partial charge in [-0.05, 0) is 51.4 Å². The fourth-order valence-electron chi connectivity index (χ4n) is 4.29. The van der Waals surface area contributed by atoms with Crippen LogP contribution in [0, 0.1) is 5.92 Å². The number of sulfonamides is 1. The van der Waals surface area contributed by atoms with Crippen LogP contribution in [0.1, 0.15) is 32.1 Å². The van der Waals surface area contributed by atoms with Gasteiger partial charge in [0.1, 0.15) is 16.7 Å². The van der Waals surface area contributed by atoms with E-state index in [1.54, 1.807) is 28.6 Å². The van der Waals surface area contributed by atoms with E-state index in [0.29, 0.717) is 57.1 Å². The monoisotopic (exact) mass is 421 g/mol. The number of amides is 1. The topological polar surface area (TPSA) is 70.2 Å². The standard InChI is InChI=1S/C21H31N3O4S/c1-22(2)13-14-24-17-9-11-23(21(25)15-16-7-8-16)12-10-18(17)28-19-5-3-4-6-20(19)29(24,26)27/h3-6,16-18H,7-15H2,1-2H3/t17-,18-/m1/s1. The number of ether oxygens (including phenoxy) is 1. The summed E-state index contributed by atoms with van der Waals surface area (Å²) in [5, 5.41) is 0. The number of benzene rings is 1.